The Kier molecular flexibility index (Phi) is 4.30. The van der Waals surface area contributed by atoms with Crippen molar-refractivity contribution in [1.29, 1.82) is 5.26 Å². The average Bonchev–Trinajstić information content (AvgIpc) is 2.49. The molecule has 0 saturated heterocycles. The fourth-order valence-electron chi connectivity index (χ4n) is 1.66. The molecule has 1 amide bonds. The molecule has 0 unspecified atom stereocenters. The number of rotatable bonds is 4. The highest BCUT2D eigenvalue weighted by molar-refractivity contribution is 5.96. The number of carbonyl (C=O) groups excluding carboxylic acids is 1. The third-order valence-corrected chi connectivity index (χ3v) is 2.66. The molecule has 20 heavy (non-hydrogen) atoms. The second-order valence-electron chi connectivity index (χ2n) is 4.02. The molecule has 0 spiro atoms. The van der Waals surface area contributed by atoms with E-state index in [-0.39, 0.29) is 11.8 Å². The van der Waals surface area contributed by atoms with E-state index in [0.717, 1.165) is 5.56 Å². The van der Waals surface area contributed by atoms with Crippen LogP contribution in [0.3, 0.4) is 0 Å². The molecule has 1 aromatic carbocycles. The first-order chi connectivity index (χ1) is 9.74. The van der Waals surface area contributed by atoms with Crippen molar-refractivity contribution in [2.24, 2.45) is 0 Å². The van der Waals surface area contributed by atoms with Gasteiger partial charge < -0.3 is 10.1 Å². The maximum atomic E-state index is 11.7. The van der Waals surface area contributed by atoms with Crippen LogP contribution in [0.25, 0.3) is 0 Å². The van der Waals surface area contributed by atoms with Crippen LogP contribution in [-0.4, -0.2) is 17.9 Å². The summed E-state index contributed by atoms with van der Waals surface area (Å²) >= 11 is 0. The molecule has 1 aromatic heterocycles. The summed E-state index contributed by atoms with van der Waals surface area (Å²) in [5, 5.41) is 11.2. The number of amides is 1. The van der Waals surface area contributed by atoms with Gasteiger partial charge in [0.05, 0.1) is 12.5 Å². The lowest BCUT2D eigenvalue weighted by Crippen LogP contribution is -2.18. The molecular weight excluding hydrogens is 254 g/mol. The van der Waals surface area contributed by atoms with Gasteiger partial charge in [0.1, 0.15) is 11.3 Å². The minimum Gasteiger partial charge on any atom is -0.438 e. The van der Waals surface area contributed by atoms with Gasteiger partial charge in [0, 0.05) is 13.2 Å². The SMILES string of the molecule is CNC(=O)c1cccnc1Oc1ccc(CC#N)cc1. The molecule has 100 valence electrons. The van der Waals surface area contributed by atoms with E-state index in [4.69, 9.17) is 10.00 Å². The molecule has 0 atom stereocenters. The minimum absolute atomic E-state index is 0.250. The van der Waals surface area contributed by atoms with E-state index in [0.29, 0.717) is 17.7 Å². The number of hydrogen-bond acceptors (Lipinski definition) is 4. The normalized spacial score (nSPS) is 9.60. The Balaban J connectivity index is 2.22. The standard InChI is InChI=1S/C15H13N3O2/c1-17-14(19)13-3-2-10-18-15(13)20-12-6-4-11(5-7-12)8-9-16/h2-7,10H,8H2,1H3,(H,17,19). The van der Waals surface area contributed by atoms with Gasteiger partial charge in [-0.3, -0.25) is 4.79 Å². The first kappa shape index (κ1) is 13.6. The number of nitrogens with zero attached hydrogens (tertiary/aromatic N) is 2. The van der Waals surface area contributed by atoms with Crippen molar-refractivity contribution >= 4 is 5.91 Å². The fourth-order valence-corrected chi connectivity index (χ4v) is 1.66. The van der Waals surface area contributed by atoms with Crippen LogP contribution in [0.4, 0.5) is 0 Å². The fraction of sp³-hybridized carbons (Fsp3) is 0.133. The Morgan fingerprint density at radius 1 is 1.35 bits per heavy atom. The summed E-state index contributed by atoms with van der Waals surface area (Å²) in [6.07, 6.45) is 1.92. The monoisotopic (exact) mass is 267 g/mol. The Bertz CT molecular complexity index is 645. The Morgan fingerprint density at radius 3 is 2.75 bits per heavy atom. The zero-order valence-electron chi connectivity index (χ0n) is 11.0. The predicted octanol–water partition coefficient (Wildman–Crippen LogP) is 2.30. The molecule has 1 heterocycles. The van der Waals surface area contributed by atoms with Gasteiger partial charge in [-0.25, -0.2) is 4.98 Å². The van der Waals surface area contributed by atoms with E-state index in [2.05, 4.69) is 16.4 Å². The van der Waals surface area contributed by atoms with Crippen molar-refractivity contribution in [3.05, 3.63) is 53.7 Å². The minimum atomic E-state index is -0.255. The molecule has 2 aromatic rings. The highest BCUT2D eigenvalue weighted by Gasteiger charge is 2.12. The Labute approximate surface area is 116 Å². The van der Waals surface area contributed by atoms with Crippen LogP contribution in [-0.2, 0) is 6.42 Å². The largest absolute Gasteiger partial charge is 0.438 e. The Morgan fingerprint density at radius 2 is 2.10 bits per heavy atom. The van der Waals surface area contributed by atoms with Crippen LogP contribution >= 0.6 is 0 Å². The van der Waals surface area contributed by atoms with Crippen LogP contribution in [0.2, 0.25) is 0 Å². The molecule has 0 fully saturated rings. The van der Waals surface area contributed by atoms with Crippen molar-refractivity contribution in [1.82, 2.24) is 10.3 Å². The molecule has 0 aliphatic rings. The summed E-state index contributed by atoms with van der Waals surface area (Å²) in [5.41, 5.74) is 1.28. The molecule has 0 aliphatic carbocycles. The lowest BCUT2D eigenvalue weighted by Gasteiger charge is -2.09. The van der Waals surface area contributed by atoms with Crippen molar-refractivity contribution in [2.75, 3.05) is 7.05 Å². The molecule has 5 heteroatoms. The predicted molar refractivity (Wildman–Crippen MR) is 73.5 cm³/mol. The van der Waals surface area contributed by atoms with E-state index >= 15 is 0 Å². The van der Waals surface area contributed by atoms with Crippen molar-refractivity contribution in [2.45, 2.75) is 6.42 Å². The lowest BCUT2D eigenvalue weighted by atomic mass is 10.2. The van der Waals surface area contributed by atoms with Gasteiger partial charge >= 0.3 is 0 Å². The third-order valence-electron chi connectivity index (χ3n) is 2.66. The van der Waals surface area contributed by atoms with Crippen LogP contribution in [0.1, 0.15) is 15.9 Å². The van der Waals surface area contributed by atoms with E-state index in [1.807, 2.05) is 0 Å². The van der Waals surface area contributed by atoms with Gasteiger partial charge in [-0.2, -0.15) is 5.26 Å². The maximum absolute atomic E-state index is 11.7. The topological polar surface area (TPSA) is 75.0 Å². The van der Waals surface area contributed by atoms with Gasteiger partial charge in [-0.05, 0) is 29.8 Å². The molecule has 0 aliphatic heterocycles. The average molecular weight is 267 g/mol. The number of nitrogens with one attached hydrogen (secondary N) is 1. The van der Waals surface area contributed by atoms with Crippen LogP contribution in [0, 0.1) is 11.3 Å². The van der Waals surface area contributed by atoms with Crippen LogP contribution in [0.5, 0.6) is 11.6 Å². The second-order valence-corrected chi connectivity index (χ2v) is 4.02. The van der Waals surface area contributed by atoms with Crippen LogP contribution < -0.4 is 10.1 Å². The summed E-state index contributed by atoms with van der Waals surface area (Å²) < 4.78 is 5.61. The van der Waals surface area contributed by atoms with E-state index in [1.165, 1.54) is 0 Å². The number of pyridine rings is 1. The van der Waals surface area contributed by atoms with Gasteiger partial charge in [0.2, 0.25) is 5.88 Å². The van der Waals surface area contributed by atoms with E-state index in [9.17, 15) is 4.79 Å². The molecule has 0 radical (unpaired) electrons. The highest BCUT2D eigenvalue weighted by atomic mass is 16.5. The molecule has 1 N–H and O–H groups in total. The number of aromatic nitrogens is 1. The summed E-state index contributed by atoms with van der Waals surface area (Å²) in [6.45, 7) is 0. The summed E-state index contributed by atoms with van der Waals surface area (Å²) in [6, 6.07) is 12.5. The van der Waals surface area contributed by atoms with E-state index < -0.39 is 0 Å². The number of benzene rings is 1. The van der Waals surface area contributed by atoms with Crippen molar-refractivity contribution < 1.29 is 9.53 Å². The van der Waals surface area contributed by atoms with Gasteiger partial charge in [0.25, 0.3) is 5.91 Å². The summed E-state index contributed by atoms with van der Waals surface area (Å²) in [7, 11) is 1.55. The number of hydrogen-bond donors (Lipinski definition) is 1. The number of ether oxygens (including phenoxy) is 1. The molecule has 2 rings (SSSR count). The zero-order valence-corrected chi connectivity index (χ0v) is 11.0. The molecular formula is C15H13N3O2. The van der Waals surface area contributed by atoms with E-state index in [1.54, 1.807) is 49.6 Å². The van der Waals surface area contributed by atoms with Crippen molar-refractivity contribution in [3.8, 4) is 17.7 Å². The molecule has 0 bridgehead atoms. The zero-order chi connectivity index (χ0) is 14.4. The number of carbonyl (C=O) groups is 1. The first-order valence-electron chi connectivity index (χ1n) is 6.05. The van der Waals surface area contributed by atoms with Crippen molar-refractivity contribution in [3.63, 3.8) is 0 Å². The second kappa shape index (κ2) is 6.34. The maximum Gasteiger partial charge on any atom is 0.256 e. The molecule has 0 saturated carbocycles. The van der Waals surface area contributed by atoms with Crippen LogP contribution in [0.15, 0.2) is 42.6 Å². The number of nitriles is 1. The lowest BCUT2D eigenvalue weighted by molar-refractivity contribution is 0.0960. The summed E-state index contributed by atoms with van der Waals surface area (Å²) in [4.78, 5) is 15.8. The molecule has 5 nitrogen and oxygen atoms in total. The summed E-state index contributed by atoms with van der Waals surface area (Å²) in [5.74, 6) is 0.560. The van der Waals surface area contributed by atoms with Gasteiger partial charge in [-0.15, -0.1) is 0 Å². The third kappa shape index (κ3) is 3.12. The highest BCUT2D eigenvalue weighted by Crippen LogP contribution is 2.23. The smallest absolute Gasteiger partial charge is 0.256 e. The Hall–Kier alpha value is -2.87. The van der Waals surface area contributed by atoms with Gasteiger partial charge in [0.15, 0.2) is 0 Å². The first-order valence-corrected chi connectivity index (χ1v) is 6.05. The quantitative estimate of drug-likeness (QED) is 0.922. The van der Waals surface area contributed by atoms with Gasteiger partial charge in [-0.1, -0.05) is 12.1 Å².